The second-order valence-electron chi connectivity index (χ2n) is 6.01. The molecule has 1 aliphatic heterocycles. The van der Waals surface area contributed by atoms with E-state index in [9.17, 15) is 23.1 Å². The van der Waals surface area contributed by atoms with Crippen molar-refractivity contribution >= 4 is 11.7 Å². The van der Waals surface area contributed by atoms with Crippen LogP contribution >= 0.6 is 0 Å². The third kappa shape index (κ3) is 2.37. The average molecular weight is 314 g/mol. The SMILES string of the molecule is Cc1cc(C(F)(F)F)cc(N2C(=O)C3CCCC3C2CO)n1. The maximum absolute atomic E-state index is 13.0. The molecule has 0 bridgehead atoms. The minimum absolute atomic E-state index is 0.00847. The molecule has 2 aliphatic rings. The number of rotatable bonds is 2. The second-order valence-corrected chi connectivity index (χ2v) is 6.01. The topological polar surface area (TPSA) is 53.4 Å². The molecule has 0 spiro atoms. The van der Waals surface area contributed by atoms with Gasteiger partial charge in [-0.1, -0.05) is 6.42 Å². The summed E-state index contributed by atoms with van der Waals surface area (Å²) in [4.78, 5) is 17.9. The first-order valence-corrected chi connectivity index (χ1v) is 7.32. The number of pyridine rings is 1. The van der Waals surface area contributed by atoms with E-state index in [2.05, 4.69) is 4.98 Å². The van der Waals surface area contributed by atoms with E-state index in [0.717, 1.165) is 31.4 Å². The van der Waals surface area contributed by atoms with E-state index >= 15 is 0 Å². The van der Waals surface area contributed by atoms with Gasteiger partial charge in [0.05, 0.1) is 18.2 Å². The minimum Gasteiger partial charge on any atom is -0.394 e. The van der Waals surface area contributed by atoms with Crippen LogP contribution in [0, 0.1) is 18.8 Å². The molecule has 1 aliphatic carbocycles. The number of aliphatic hydroxyl groups is 1. The number of nitrogens with zero attached hydrogens (tertiary/aromatic N) is 2. The Morgan fingerprint density at radius 3 is 2.73 bits per heavy atom. The van der Waals surface area contributed by atoms with Crippen LogP contribution in [0.2, 0.25) is 0 Å². The molecule has 1 aromatic heterocycles. The van der Waals surface area contributed by atoms with E-state index in [4.69, 9.17) is 0 Å². The Balaban J connectivity index is 2.03. The summed E-state index contributed by atoms with van der Waals surface area (Å²) in [5.74, 6) is -0.415. The lowest BCUT2D eigenvalue weighted by Gasteiger charge is -2.26. The molecule has 1 aromatic rings. The monoisotopic (exact) mass is 314 g/mol. The average Bonchev–Trinajstić information content (AvgIpc) is 2.99. The highest BCUT2D eigenvalue weighted by molar-refractivity contribution is 5.98. The number of anilines is 1. The van der Waals surface area contributed by atoms with Gasteiger partial charge in [-0.2, -0.15) is 13.2 Å². The van der Waals surface area contributed by atoms with Crippen LogP contribution in [0.1, 0.15) is 30.5 Å². The molecule has 0 radical (unpaired) electrons. The Kier molecular flexibility index (Phi) is 3.63. The predicted molar refractivity (Wildman–Crippen MR) is 73.2 cm³/mol. The van der Waals surface area contributed by atoms with Crippen LogP contribution in [-0.4, -0.2) is 28.6 Å². The Morgan fingerprint density at radius 1 is 1.36 bits per heavy atom. The molecule has 0 aromatic carbocycles. The van der Waals surface area contributed by atoms with Gasteiger partial charge in [0.1, 0.15) is 5.82 Å². The molecule has 1 saturated heterocycles. The fourth-order valence-corrected chi connectivity index (χ4v) is 3.73. The predicted octanol–water partition coefficient (Wildman–Crippen LogP) is 2.53. The lowest BCUT2D eigenvalue weighted by atomic mass is 9.94. The zero-order valence-corrected chi connectivity index (χ0v) is 12.1. The maximum atomic E-state index is 13.0. The normalized spacial score (nSPS) is 28.3. The van der Waals surface area contributed by atoms with Crippen molar-refractivity contribution in [2.75, 3.05) is 11.5 Å². The van der Waals surface area contributed by atoms with Crippen molar-refractivity contribution in [1.29, 1.82) is 0 Å². The first-order valence-electron chi connectivity index (χ1n) is 7.32. The number of halogens is 3. The van der Waals surface area contributed by atoms with Gasteiger partial charge in [-0.25, -0.2) is 4.98 Å². The van der Waals surface area contributed by atoms with E-state index in [1.54, 1.807) is 0 Å². The van der Waals surface area contributed by atoms with Crippen molar-refractivity contribution in [3.63, 3.8) is 0 Å². The van der Waals surface area contributed by atoms with Crippen LogP contribution in [-0.2, 0) is 11.0 Å². The molecule has 120 valence electrons. The van der Waals surface area contributed by atoms with Crippen LogP contribution in [0.25, 0.3) is 0 Å². The Hall–Kier alpha value is -1.63. The van der Waals surface area contributed by atoms with E-state index in [1.807, 2.05) is 0 Å². The number of alkyl halides is 3. The number of aliphatic hydroxyl groups excluding tert-OH is 1. The van der Waals surface area contributed by atoms with Crippen LogP contribution in [0.15, 0.2) is 12.1 Å². The highest BCUT2D eigenvalue weighted by atomic mass is 19.4. The summed E-state index contributed by atoms with van der Waals surface area (Å²) in [5, 5.41) is 9.62. The molecule has 3 unspecified atom stereocenters. The number of carbonyl (C=O) groups is 1. The molecule has 1 saturated carbocycles. The fourth-order valence-electron chi connectivity index (χ4n) is 3.73. The van der Waals surface area contributed by atoms with E-state index in [1.165, 1.54) is 11.8 Å². The summed E-state index contributed by atoms with van der Waals surface area (Å²) >= 11 is 0. The minimum atomic E-state index is -4.49. The quantitative estimate of drug-likeness (QED) is 0.912. The van der Waals surface area contributed by atoms with E-state index in [-0.39, 0.29) is 35.9 Å². The molecular formula is C15H17F3N2O2. The Bertz CT molecular complexity index is 603. The smallest absolute Gasteiger partial charge is 0.394 e. The number of hydrogen-bond acceptors (Lipinski definition) is 3. The van der Waals surface area contributed by atoms with Gasteiger partial charge in [-0.15, -0.1) is 0 Å². The van der Waals surface area contributed by atoms with Crippen molar-refractivity contribution < 1.29 is 23.1 Å². The maximum Gasteiger partial charge on any atom is 0.416 e. The molecule has 4 nitrogen and oxygen atoms in total. The summed E-state index contributed by atoms with van der Waals surface area (Å²) in [6.07, 6.45) is -2.03. The number of fused-ring (bicyclic) bond motifs is 1. The Morgan fingerprint density at radius 2 is 2.09 bits per heavy atom. The van der Waals surface area contributed by atoms with Crippen LogP contribution in [0.5, 0.6) is 0 Å². The van der Waals surface area contributed by atoms with Gasteiger partial charge in [-0.3, -0.25) is 9.69 Å². The number of hydrogen-bond donors (Lipinski definition) is 1. The van der Waals surface area contributed by atoms with Crippen molar-refractivity contribution in [2.24, 2.45) is 11.8 Å². The third-order valence-electron chi connectivity index (χ3n) is 4.65. The van der Waals surface area contributed by atoms with E-state index in [0.29, 0.717) is 0 Å². The zero-order chi connectivity index (χ0) is 16.1. The molecule has 7 heteroatoms. The number of amides is 1. The summed E-state index contributed by atoms with van der Waals surface area (Å²) in [7, 11) is 0. The highest BCUT2D eigenvalue weighted by Gasteiger charge is 2.50. The zero-order valence-electron chi connectivity index (χ0n) is 12.1. The molecule has 2 fully saturated rings. The molecule has 2 heterocycles. The summed E-state index contributed by atoms with van der Waals surface area (Å²) in [5.41, 5.74) is -0.622. The lowest BCUT2D eigenvalue weighted by Crippen LogP contribution is -2.39. The largest absolute Gasteiger partial charge is 0.416 e. The van der Waals surface area contributed by atoms with Crippen LogP contribution < -0.4 is 4.90 Å². The molecule has 22 heavy (non-hydrogen) atoms. The van der Waals surface area contributed by atoms with Gasteiger partial charge in [-0.05, 0) is 37.8 Å². The van der Waals surface area contributed by atoms with Crippen molar-refractivity contribution in [3.8, 4) is 0 Å². The van der Waals surface area contributed by atoms with Crippen LogP contribution in [0.3, 0.4) is 0 Å². The van der Waals surface area contributed by atoms with Gasteiger partial charge >= 0.3 is 6.18 Å². The summed E-state index contributed by atoms with van der Waals surface area (Å²) < 4.78 is 38.9. The van der Waals surface area contributed by atoms with Gasteiger partial charge in [0, 0.05) is 11.6 Å². The van der Waals surface area contributed by atoms with Crippen molar-refractivity contribution in [2.45, 2.75) is 38.4 Å². The lowest BCUT2D eigenvalue weighted by molar-refractivity contribution is -0.137. The summed E-state index contributed by atoms with van der Waals surface area (Å²) in [6.45, 7) is 1.21. The van der Waals surface area contributed by atoms with Gasteiger partial charge in [0.15, 0.2) is 0 Å². The van der Waals surface area contributed by atoms with E-state index < -0.39 is 17.8 Å². The highest BCUT2D eigenvalue weighted by Crippen LogP contribution is 2.45. The first-order chi connectivity index (χ1) is 10.3. The third-order valence-corrected chi connectivity index (χ3v) is 4.65. The summed E-state index contributed by atoms with van der Waals surface area (Å²) in [6, 6.07) is 1.38. The Labute approximate surface area is 126 Å². The second kappa shape index (κ2) is 5.22. The van der Waals surface area contributed by atoms with Gasteiger partial charge < -0.3 is 5.11 Å². The number of aryl methyl sites for hydroxylation is 1. The van der Waals surface area contributed by atoms with Gasteiger partial charge in [0.25, 0.3) is 0 Å². The first kappa shape index (κ1) is 15.3. The fraction of sp³-hybridized carbons (Fsp3) is 0.600. The molecule has 3 rings (SSSR count). The van der Waals surface area contributed by atoms with Crippen molar-refractivity contribution in [1.82, 2.24) is 4.98 Å². The van der Waals surface area contributed by atoms with Crippen molar-refractivity contribution in [3.05, 3.63) is 23.4 Å². The number of aromatic nitrogens is 1. The van der Waals surface area contributed by atoms with Crippen LogP contribution in [0.4, 0.5) is 19.0 Å². The molecule has 1 N–H and O–H groups in total. The molecule has 3 atom stereocenters. The molecule has 1 amide bonds. The standard InChI is InChI=1S/C15H17F3N2O2/c1-8-5-9(15(16,17)18)6-13(19-8)20-12(7-21)10-3-2-4-11(10)14(20)22/h5-6,10-12,21H,2-4,7H2,1H3. The number of carbonyl (C=O) groups excluding carboxylic acids is 1. The molecular weight excluding hydrogens is 297 g/mol. The van der Waals surface area contributed by atoms with Gasteiger partial charge in [0.2, 0.25) is 5.91 Å².